The molecule has 0 unspecified atom stereocenters. The van der Waals surface area contributed by atoms with Gasteiger partial charge in [0, 0.05) is 26.7 Å². The fourth-order valence-corrected chi connectivity index (χ4v) is 1.68. The normalized spacial score (nSPS) is 10.9. The van der Waals surface area contributed by atoms with Gasteiger partial charge >= 0.3 is 0 Å². The number of nitrogens with zero attached hydrogens (tertiary/aromatic N) is 3. The number of aryl methyl sites for hydroxylation is 1. The second-order valence-corrected chi connectivity index (χ2v) is 3.82. The number of aromatic nitrogens is 3. The van der Waals surface area contributed by atoms with E-state index in [1.165, 1.54) is 0 Å². The Labute approximate surface area is 95.6 Å². The topological polar surface area (TPSA) is 39.9 Å². The van der Waals surface area contributed by atoms with E-state index < -0.39 is 0 Å². The molecule has 0 saturated carbocycles. The quantitative estimate of drug-likeness (QED) is 0.676. The molecule has 5 heteroatoms. The molecule has 0 aliphatic rings. The van der Waals surface area contributed by atoms with Crippen LogP contribution in [0.1, 0.15) is 32.0 Å². The van der Waals surface area contributed by atoms with E-state index in [-0.39, 0.29) is 0 Å². The molecule has 0 radical (unpaired) electrons. The van der Waals surface area contributed by atoms with Gasteiger partial charge in [0.2, 0.25) is 5.28 Å². The average molecular weight is 232 g/mol. The van der Waals surface area contributed by atoms with Crippen LogP contribution in [0.2, 0.25) is 5.28 Å². The van der Waals surface area contributed by atoms with Gasteiger partial charge in [0.1, 0.15) is 5.82 Å². The minimum absolute atomic E-state index is 0.496. The maximum absolute atomic E-state index is 5.95. The summed E-state index contributed by atoms with van der Waals surface area (Å²) in [5, 5.41) is 8.43. The van der Waals surface area contributed by atoms with Crippen LogP contribution in [-0.4, -0.2) is 28.5 Å². The fourth-order valence-electron chi connectivity index (χ4n) is 1.46. The zero-order valence-electron chi connectivity index (χ0n) is 9.37. The van der Waals surface area contributed by atoms with Crippen molar-refractivity contribution >= 4 is 11.6 Å². The molecule has 1 aromatic heterocycles. The Morgan fingerprint density at radius 2 is 2.13 bits per heavy atom. The number of hydrogen-bond donors (Lipinski definition) is 0. The molecule has 0 aromatic carbocycles. The monoisotopic (exact) mass is 231 g/mol. The Hall–Kier alpha value is -0.610. The largest absolute Gasteiger partial charge is 0.385 e. The van der Waals surface area contributed by atoms with E-state index in [9.17, 15) is 0 Å². The number of rotatable bonds is 7. The number of unbranched alkanes of at least 4 members (excludes halogenated alkanes) is 1. The Morgan fingerprint density at radius 3 is 2.80 bits per heavy atom. The minimum Gasteiger partial charge on any atom is -0.385 e. The van der Waals surface area contributed by atoms with Crippen LogP contribution in [0.4, 0.5) is 0 Å². The summed E-state index contributed by atoms with van der Waals surface area (Å²) in [6, 6.07) is 0. The molecule has 0 spiro atoms. The number of methoxy groups -OCH3 is 1. The molecule has 1 aromatic rings. The molecule has 0 saturated heterocycles. The first-order chi connectivity index (χ1) is 7.29. The van der Waals surface area contributed by atoms with Crippen molar-refractivity contribution in [1.29, 1.82) is 0 Å². The van der Waals surface area contributed by atoms with Gasteiger partial charge in [-0.1, -0.05) is 6.92 Å². The highest BCUT2D eigenvalue weighted by Crippen LogP contribution is 2.11. The summed E-state index contributed by atoms with van der Waals surface area (Å²) >= 11 is 5.95. The van der Waals surface area contributed by atoms with Crippen LogP contribution in [0.15, 0.2) is 0 Å². The lowest BCUT2D eigenvalue weighted by Gasteiger charge is -2.06. The summed E-state index contributed by atoms with van der Waals surface area (Å²) in [5.74, 6) is 0.986. The zero-order valence-corrected chi connectivity index (χ0v) is 10.1. The van der Waals surface area contributed by atoms with Crippen LogP contribution in [-0.2, 0) is 17.7 Å². The van der Waals surface area contributed by atoms with Crippen molar-refractivity contribution in [2.45, 2.75) is 39.2 Å². The third-order valence-corrected chi connectivity index (χ3v) is 2.52. The first-order valence-electron chi connectivity index (χ1n) is 5.36. The molecule has 0 fully saturated rings. The van der Waals surface area contributed by atoms with Crippen LogP contribution >= 0.6 is 11.6 Å². The zero-order chi connectivity index (χ0) is 11.1. The molecule has 15 heavy (non-hydrogen) atoms. The first kappa shape index (κ1) is 12.5. The van der Waals surface area contributed by atoms with Gasteiger partial charge in [0.15, 0.2) is 0 Å². The summed E-state index contributed by atoms with van der Waals surface area (Å²) in [5.41, 5.74) is 0. The van der Waals surface area contributed by atoms with Crippen LogP contribution in [0, 0.1) is 0 Å². The van der Waals surface area contributed by atoms with Gasteiger partial charge in [-0.25, -0.2) is 0 Å². The van der Waals surface area contributed by atoms with Crippen molar-refractivity contribution in [3.05, 3.63) is 11.1 Å². The second-order valence-electron chi connectivity index (χ2n) is 3.49. The van der Waals surface area contributed by atoms with Crippen molar-refractivity contribution in [2.24, 2.45) is 0 Å². The lowest BCUT2D eigenvalue weighted by atomic mass is 10.3. The molecule has 86 valence electrons. The molecular formula is C10H18ClN3O. The molecule has 0 bridgehead atoms. The summed E-state index contributed by atoms with van der Waals surface area (Å²) in [6.07, 6.45) is 4.08. The van der Waals surface area contributed by atoms with Crippen molar-refractivity contribution in [2.75, 3.05) is 13.7 Å². The Morgan fingerprint density at radius 1 is 1.33 bits per heavy atom. The molecule has 1 rings (SSSR count). The van der Waals surface area contributed by atoms with Gasteiger partial charge < -0.3 is 9.30 Å². The third kappa shape index (κ3) is 3.80. The molecular weight excluding hydrogens is 214 g/mol. The highest BCUT2D eigenvalue weighted by molar-refractivity contribution is 6.28. The maximum Gasteiger partial charge on any atom is 0.225 e. The smallest absolute Gasteiger partial charge is 0.225 e. The summed E-state index contributed by atoms with van der Waals surface area (Å²) < 4.78 is 6.98. The van der Waals surface area contributed by atoms with Crippen LogP contribution in [0.3, 0.4) is 0 Å². The van der Waals surface area contributed by atoms with E-state index in [4.69, 9.17) is 16.3 Å². The van der Waals surface area contributed by atoms with Gasteiger partial charge in [-0.3, -0.25) is 0 Å². The van der Waals surface area contributed by atoms with Crippen molar-refractivity contribution in [3.63, 3.8) is 0 Å². The maximum atomic E-state index is 5.95. The van der Waals surface area contributed by atoms with E-state index in [0.29, 0.717) is 5.28 Å². The lowest BCUT2D eigenvalue weighted by molar-refractivity contribution is 0.191. The molecule has 0 N–H and O–H groups in total. The van der Waals surface area contributed by atoms with Crippen molar-refractivity contribution in [1.82, 2.24) is 14.8 Å². The molecule has 0 amide bonds. The Balaban J connectivity index is 2.46. The SMILES string of the molecule is CCCc1nnc(Cl)n1CCCCOC. The predicted octanol–water partition coefficient (Wildman–Crippen LogP) is 2.31. The predicted molar refractivity (Wildman–Crippen MR) is 60.1 cm³/mol. The molecule has 0 aliphatic carbocycles. The first-order valence-corrected chi connectivity index (χ1v) is 5.74. The molecule has 0 atom stereocenters. The minimum atomic E-state index is 0.496. The standard InChI is InChI=1S/C10H18ClN3O/c1-3-6-9-12-13-10(11)14(9)7-4-5-8-15-2/h3-8H2,1-2H3. The van der Waals surface area contributed by atoms with Gasteiger partial charge in [-0.15, -0.1) is 10.2 Å². The van der Waals surface area contributed by atoms with Crippen LogP contribution < -0.4 is 0 Å². The molecule has 1 heterocycles. The van der Waals surface area contributed by atoms with Crippen LogP contribution in [0.25, 0.3) is 0 Å². The van der Waals surface area contributed by atoms with E-state index in [1.807, 2.05) is 4.57 Å². The van der Waals surface area contributed by atoms with Crippen molar-refractivity contribution < 1.29 is 4.74 Å². The summed E-state index contributed by atoms with van der Waals surface area (Å²) in [6.45, 7) is 3.80. The van der Waals surface area contributed by atoms with E-state index >= 15 is 0 Å². The molecule has 0 aliphatic heterocycles. The Bertz CT molecular complexity index is 288. The Kier molecular flexibility index (Phi) is 5.65. The fraction of sp³-hybridized carbons (Fsp3) is 0.800. The summed E-state index contributed by atoms with van der Waals surface area (Å²) in [7, 11) is 1.72. The van der Waals surface area contributed by atoms with E-state index in [1.54, 1.807) is 7.11 Å². The van der Waals surface area contributed by atoms with Gasteiger partial charge in [-0.2, -0.15) is 0 Å². The van der Waals surface area contributed by atoms with Gasteiger partial charge in [-0.05, 0) is 30.9 Å². The van der Waals surface area contributed by atoms with Gasteiger partial charge in [0.25, 0.3) is 0 Å². The number of hydrogen-bond acceptors (Lipinski definition) is 3. The van der Waals surface area contributed by atoms with Gasteiger partial charge in [0.05, 0.1) is 0 Å². The van der Waals surface area contributed by atoms with E-state index in [2.05, 4.69) is 17.1 Å². The molecule has 4 nitrogen and oxygen atoms in total. The van der Waals surface area contributed by atoms with Crippen LogP contribution in [0.5, 0.6) is 0 Å². The number of halogens is 1. The summed E-state index contributed by atoms with van der Waals surface area (Å²) in [4.78, 5) is 0. The third-order valence-electron chi connectivity index (χ3n) is 2.24. The van der Waals surface area contributed by atoms with Crippen molar-refractivity contribution in [3.8, 4) is 0 Å². The highest BCUT2D eigenvalue weighted by Gasteiger charge is 2.08. The number of ether oxygens (including phenoxy) is 1. The second kappa shape index (κ2) is 6.80. The highest BCUT2D eigenvalue weighted by atomic mass is 35.5. The lowest BCUT2D eigenvalue weighted by Crippen LogP contribution is -2.05. The van der Waals surface area contributed by atoms with E-state index in [0.717, 1.165) is 44.7 Å². The average Bonchev–Trinajstić information content (AvgIpc) is 2.56.